The molecule has 0 spiro atoms. The molecule has 0 radical (unpaired) electrons. The Morgan fingerprint density at radius 2 is 1.80 bits per heavy atom. The largest absolute Gasteiger partial charge is 0.417 e. The van der Waals surface area contributed by atoms with Crippen molar-refractivity contribution < 1.29 is 22.8 Å². The van der Waals surface area contributed by atoms with Gasteiger partial charge in [0.25, 0.3) is 17.4 Å². The first kappa shape index (κ1) is 31.2. The number of carbonyl (C=O) groups excluding carboxylic acids is 2. The van der Waals surface area contributed by atoms with Gasteiger partial charge in [-0.1, -0.05) is 29.8 Å². The zero-order chi connectivity index (χ0) is 31.9. The molecule has 4 aromatic rings. The van der Waals surface area contributed by atoms with Crippen LogP contribution in [-0.4, -0.2) is 49.1 Å². The van der Waals surface area contributed by atoms with Crippen LogP contribution in [0.2, 0.25) is 0 Å². The van der Waals surface area contributed by atoms with Gasteiger partial charge >= 0.3 is 6.18 Å². The standard InChI is InChI=1S/C31H30BrF3N6O3/c1-17(2)11-19-14-37-40(15-19)30-38-26-16-39(28(43)21-7-10-25(32)24(13-21)31(33,34)35)18(3)12-23(26)29(44)41(30)22-8-5-20(6-9-22)27(42)36-4/h5-10,13-15,17-18H,11-12,16H2,1-4H3,(H,36,42)/t18-/m1/s1. The summed E-state index contributed by atoms with van der Waals surface area (Å²) in [5.41, 5.74) is 1.12. The second-order valence-corrected chi connectivity index (χ2v) is 12.0. The third-order valence-corrected chi connectivity index (χ3v) is 8.17. The Bertz CT molecular complexity index is 1800. The number of aromatic nitrogens is 4. The molecule has 1 aliphatic heterocycles. The maximum absolute atomic E-state index is 14.1. The highest BCUT2D eigenvalue weighted by atomic mass is 79.9. The van der Waals surface area contributed by atoms with Crippen LogP contribution in [0.25, 0.3) is 11.6 Å². The summed E-state index contributed by atoms with van der Waals surface area (Å²) in [5.74, 6) is -0.330. The Hall–Kier alpha value is -4.26. The second kappa shape index (κ2) is 12.0. The number of carbonyl (C=O) groups is 2. The van der Waals surface area contributed by atoms with Gasteiger partial charge in [0.15, 0.2) is 0 Å². The molecule has 2 aromatic heterocycles. The summed E-state index contributed by atoms with van der Waals surface area (Å²) < 4.78 is 43.4. The van der Waals surface area contributed by atoms with E-state index in [1.54, 1.807) is 43.6 Å². The number of amides is 2. The van der Waals surface area contributed by atoms with Crippen LogP contribution >= 0.6 is 15.9 Å². The minimum atomic E-state index is -4.65. The van der Waals surface area contributed by atoms with E-state index in [2.05, 4.69) is 40.2 Å². The zero-order valence-corrected chi connectivity index (χ0v) is 26.0. The predicted octanol–water partition coefficient (Wildman–Crippen LogP) is 5.34. The molecule has 0 fully saturated rings. The molecule has 5 rings (SSSR count). The van der Waals surface area contributed by atoms with Gasteiger partial charge in [-0.3, -0.25) is 14.4 Å². The highest BCUT2D eigenvalue weighted by Crippen LogP contribution is 2.36. The molecule has 1 atom stereocenters. The van der Waals surface area contributed by atoms with E-state index in [4.69, 9.17) is 4.98 Å². The maximum atomic E-state index is 14.1. The van der Waals surface area contributed by atoms with Crippen LogP contribution in [0, 0.1) is 5.92 Å². The van der Waals surface area contributed by atoms with Crippen molar-refractivity contribution in [3.8, 4) is 11.6 Å². The molecule has 0 saturated heterocycles. The average molecular weight is 672 g/mol. The van der Waals surface area contributed by atoms with Crippen LogP contribution in [0.1, 0.15) is 63.9 Å². The molecule has 0 bridgehead atoms. The van der Waals surface area contributed by atoms with Crippen LogP contribution in [0.5, 0.6) is 0 Å². The normalized spacial score (nSPS) is 14.9. The summed E-state index contributed by atoms with van der Waals surface area (Å²) in [6, 6.07) is 9.37. The van der Waals surface area contributed by atoms with Gasteiger partial charge < -0.3 is 10.2 Å². The lowest BCUT2D eigenvalue weighted by atomic mass is 9.98. The van der Waals surface area contributed by atoms with Crippen molar-refractivity contribution in [3.05, 3.63) is 103 Å². The molecule has 1 N–H and O–H groups in total. The van der Waals surface area contributed by atoms with Crippen molar-refractivity contribution in [2.45, 2.75) is 52.4 Å². The van der Waals surface area contributed by atoms with Crippen LogP contribution < -0.4 is 10.9 Å². The van der Waals surface area contributed by atoms with E-state index in [9.17, 15) is 27.6 Å². The predicted molar refractivity (Wildman–Crippen MR) is 161 cm³/mol. The number of alkyl halides is 3. The molecule has 2 aromatic carbocycles. The van der Waals surface area contributed by atoms with E-state index in [0.717, 1.165) is 18.1 Å². The fraction of sp³-hybridized carbons (Fsp3) is 0.323. The van der Waals surface area contributed by atoms with E-state index in [1.807, 2.05) is 0 Å². The number of benzene rings is 2. The van der Waals surface area contributed by atoms with Crippen molar-refractivity contribution in [2.75, 3.05) is 7.05 Å². The Morgan fingerprint density at radius 1 is 1.11 bits per heavy atom. The smallest absolute Gasteiger partial charge is 0.355 e. The Balaban J connectivity index is 1.60. The fourth-order valence-corrected chi connectivity index (χ4v) is 5.77. The molecule has 230 valence electrons. The Kier molecular flexibility index (Phi) is 8.52. The maximum Gasteiger partial charge on any atom is 0.417 e. The van der Waals surface area contributed by atoms with Gasteiger partial charge in [0.2, 0.25) is 5.95 Å². The van der Waals surface area contributed by atoms with Crippen LogP contribution in [0.4, 0.5) is 13.2 Å². The summed E-state index contributed by atoms with van der Waals surface area (Å²) in [4.78, 5) is 46.0. The first-order valence-corrected chi connectivity index (χ1v) is 14.8. The van der Waals surface area contributed by atoms with Gasteiger partial charge in [-0.2, -0.15) is 18.3 Å². The molecular formula is C31H30BrF3N6O3. The summed E-state index contributed by atoms with van der Waals surface area (Å²) in [5, 5.41) is 7.04. The number of fused-ring (bicyclic) bond motifs is 1. The highest BCUT2D eigenvalue weighted by molar-refractivity contribution is 9.10. The van der Waals surface area contributed by atoms with E-state index in [1.165, 1.54) is 33.3 Å². The van der Waals surface area contributed by atoms with Crippen molar-refractivity contribution in [2.24, 2.45) is 5.92 Å². The Labute approximate surface area is 259 Å². The van der Waals surface area contributed by atoms with Crippen molar-refractivity contribution in [1.29, 1.82) is 0 Å². The quantitative estimate of drug-likeness (QED) is 0.298. The third-order valence-electron chi connectivity index (χ3n) is 7.48. The molecule has 0 saturated carbocycles. The van der Waals surface area contributed by atoms with Gasteiger partial charge in [0, 0.05) is 40.4 Å². The van der Waals surface area contributed by atoms with E-state index >= 15 is 0 Å². The number of nitrogens with zero attached hydrogens (tertiary/aromatic N) is 5. The lowest BCUT2D eigenvalue weighted by Gasteiger charge is -2.34. The van der Waals surface area contributed by atoms with Crippen molar-refractivity contribution in [1.82, 2.24) is 29.5 Å². The lowest BCUT2D eigenvalue weighted by molar-refractivity contribution is -0.138. The first-order chi connectivity index (χ1) is 20.8. The number of hydrogen-bond donors (Lipinski definition) is 1. The van der Waals surface area contributed by atoms with E-state index in [0.29, 0.717) is 28.4 Å². The summed E-state index contributed by atoms with van der Waals surface area (Å²) in [6.07, 6.45) is -0.257. The zero-order valence-electron chi connectivity index (χ0n) is 24.4. The number of hydrogen-bond acceptors (Lipinski definition) is 5. The van der Waals surface area contributed by atoms with Gasteiger partial charge in [-0.05, 0) is 73.7 Å². The summed E-state index contributed by atoms with van der Waals surface area (Å²) in [7, 11) is 1.53. The van der Waals surface area contributed by atoms with Gasteiger partial charge in [0.05, 0.1) is 29.7 Å². The number of halogens is 4. The molecule has 13 heteroatoms. The fourth-order valence-electron chi connectivity index (χ4n) is 5.30. The highest BCUT2D eigenvalue weighted by Gasteiger charge is 2.36. The van der Waals surface area contributed by atoms with E-state index in [-0.39, 0.29) is 40.4 Å². The number of nitrogens with one attached hydrogen (secondary N) is 1. The second-order valence-electron chi connectivity index (χ2n) is 11.2. The molecule has 1 aliphatic rings. The average Bonchev–Trinajstić information content (AvgIpc) is 3.43. The minimum Gasteiger partial charge on any atom is -0.355 e. The topological polar surface area (TPSA) is 102 Å². The van der Waals surface area contributed by atoms with Gasteiger partial charge in [-0.15, -0.1) is 0 Å². The molecule has 44 heavy (non-hydrogen) atoms. The molecule has 9 nitrogen and oxygen atoms in total. The van der Waals surface area contributed by atoms with Crippen molar-refractivity contribution in [3.63, 3.8) is 0 Å². The Morgan fingerprint density at radius 3 is 2.43 bits per heavy atom. The summed E-state index contributed by atoms with van der Waals surface area (Å²) in [6.45, 7) is 5.82. The van der Waals surface area contributed by atoms with Gasteiger partial charge in [0.1, 0.15) is 0 Å². The van der Waals surface area contributed by atoms with Crippen LogP contribution in [0.15, 0.2) is 64.1 Å². The first-order valence-electron chi connectivity index (χ1n) is 14.0. The molecule has 3 heterocycles. The molecule has 0 aliphatic carbocycles. The van der Waals surface area contributed by atoms with Crippen molar-refractivity contribution >= 4 is 27.7 Å². The van der Waals surface area contributed by atoms with Crippen LogP contribution in [0.3, 0.4) is 0 Å². The summed E-state index contributed by atoms with van der Waals surface area (Å²) >= 11 is 2.92. The van der Waals surface area contributed by atoms with Gasteiger partial charge in [-0.25, -0.2) is 14.2 Å². The lowest BCUT2D eigenvalue weighted by Crippen LogP contribution is -2.46. The monoisotopic (exact) mass is 670 g/mol. The number of rotatable bonds is 6. The molecule has 2 amide bonds. The minimum absolute atomic E-state index is 0.0778. The molecule has 0 unspecified atom stereocenters. The van der Waals surface area contributed by atoms with E-state index < -0.39 is 23.7 Å². The van der Waals surface area contributed by atoms with Crippen LogP contribution in [-0.2, 0) is 25.6 Å². The third kappa shape index (κ3) is 6.05. The molecular weight excluding hydrogens is 641 g/mol. The SMILES string of the molecule is CNC(=O)c1ccc(-n2c(-n3cc(CC(C)C)cn3)nc3c(c2=O)C[C@@H](C)N(C(=O)c2ccc(Br)c(C(F)(F)F)c2)C3)cc1.